The largest absolute Gasteiger partial charge is 0.370 e. The molecule has 0 spiro atoms. The van der Waals surface area contributed by atoms with Gasteiger partial charge >= 0.3 is 0 Å². The first-order chi connectivity index (χ1) is 10.1. The Morgan fingerprint density at radius 2 is 1.95 bits per heavy atom. The van der Waals surface area contributed by atoms with Crippen LogP contribution in [-0.2, 0) is 6.54 Å². The third kappa shape index (κ3) is 5.17. The van der Waals surface area contributed by atoms with E-state index >= 15 is 0 Å². The molecule has 21 heavy (non-hydrogen) atoms. The summed E-state index contributed by atoms with van der Waals surface area (Å²) in [6.45, 7) is 6.28. The maximum Gasteiger partial charge on any atom is 0.0471 e. The maximum atomic E-state index is 6.46. The molecule has 0 heterocycles. The zero-order valence-electron chi connectivity index (χ0n) is 13.5. The fourth-order valence-corrected chi connectivity index (χ4v) is 2.73. The van der Waals surface area contributed by atoms with Crippen molar-refractivity contribution in [3.63, 3.8) is 0 Å². The molecule has 0 radical (unpaired) electrons. The molecule has 3 nitrogen and oxygen atoms in total. The Morgan fingerprint density at radius 1 is 1.19 bits per heavy atom. The molecule has 0 bridgehead atoms. The van der Waals surface area contributed by atoms with Crippen LogP contribution < -0.4 is 10.2 Å². The lowest BCUT2D eigenvalue weighted by Crippen LogP contribution is -2.33. The van der Waals surface area contributed by atoms with E-state index in [4.69, 9.17) is 11.6 Å². The van der Waals surface area contributed by atoms with E-state index in [0.29, 0.717) is 6.04 Å². The lowest BCUT2D eigenvalue weighted by Gasteiger charge is -2.28. The van der Waals surface area contributed by atoms with Gasteiger partial charge in [-0.3, -0.25) is 0 Å². The lowest BCUT2D eigenvalue weighted by atomic mass is 10.1. The summed E-state index contributed by atoms with van der Waals surface area (Å²) in [7, 11) is 4.25. The van der Waals surface area contributed by atoms with Gasteiger partial charge in [-0.25, -0.2) is 0 Å². The summed E-state index contributed by atoms with van der Waals surface area (Å²) >= 11 is 6.46. The highest BCUT2D eigenvalue weighted by molar-refractivity contribution is 6.31. The second-order valence-corrected chi connectivity index (χ2v) is 6.59. The van der Waals surface area contributed by atoms with Crippen molar-refractivity contribution in [2.75, 3.05) is 38.6 Å². The van der Waals surface area contributed by atoms with E-state index in [9.17, 15) is 0 Å². The number of halogens is 1. The number of nitrogens with one attached hydrogen (secondary N) is 1. The molecule has 0 atom stereocenters. The Kier molecular flexibility index (Phi) is 6.34. The van der Waals surface area contributed by atoms with Crippen LogP contribution in [0.5, 0.6) is 0 Å². The minimum Gasteiger partial charge on any atom is -0.370 e. The van der Waals surface area contributed by atoms with E-state index in [1.165, 1.54) is 24.1 Å². The Bertz CT molecular complexity index is 444. The van der Waals surface area contributed by atoms with Crippen LogP contribution in [-0.4, -0.2) is 44.7 Å². The van der Waals surface area contributed by atoms with Crippen molar-refractivity contribution in [2.24, 2.45) is 0 Å². The Hall–Kier alpha value is -0.770. The second-order valence-electron chi connectivity index (χ2n) is 6.18. The van der Waals surface area contributed by atoms with Crippen molar-refractivity contribution >= 4 is 17.3 Å². The smallest absolute Gasteiger partial charge is 0.0471 e. The minimum absolute atomic E-state index is 0.704. The van der Waals surface area contributed by atoms with Gasteiger partial charge in [-0.15, -0.1) is 0 Å². The van der Waals surface area contributed by atoms with Gasteiger partial charge in [0.15, 0.2) is 0 Å². The first-order valence-corrected chi connectivity index (χ1v) is 8.40. The quantitative estimate of drug-likeness (QED) is 0.754. The topological polar surface area (TPSA) is 18.5 Å². The van der Waals surface area contributed by atoms with Crippen LogP contribution in [0.4, 0.5) is 5.69 Å². The predicted molar refractivity (Wildman–Crippen MR) is 92.4 cm³/mol. The molecular formula is C17H28ClN3. The van der Waals surface area contributed by atoms with Gasteiger partial charge in [-0.1, -0.05) is 24.6 Å². The molecule has 1 aliphatic rings. The van der Waals surface area contributed by atoms with Gasteiger partial charge in [0.2, 0.25) is 0 Å². The van der Waals surface area contributed by atoms with Crippen molar-refractivity contribution < 1.29 is 0 Å². The molecular weight excluding hydrogens is 282 g/mol. The van der Waals surface area contributed by atoms with E-state index in [1.807, 2.05) is 6.07 Å². The summed E-state index contributed by atoms with van der Waals surface area (Å²) in [5, 5.41) is 4.48. The normalized spacial score (nSPS) is 14.7. The maximum absolute atomic E-state index is 6.46. The van der Waals surface area contributed by atoms with Crippen LogP contribution in [0.3, 0.4) is 0 Å². The van der Waals surface area contributed by atoms with Crippen molar-refractivity contribution in [2.45, 2.75) is 38.8 Å². The van der Waals surface area contributed by atoms with Gasteiger partial charge in [0.1, 0.15) is 0 Å². The van der Waals surface area contributed by atoms with E-state index in [0.717, 1.165) is 37.6 Å². The highest BCUT2D eigenvalue weighted by Crippen LogP contribution is 2.29. The average molecular weight is 310 g/mol. The molecule has 1 saturated carbocycles. The molecule has 2 rings (SSSR count). The molecule has 0 saturated heterocycles. The number of anilines is 1. The monoisotopic (exact) mass is 309 g/mol. The zero-order valence-corrected chi connectivity index (χ0v) is 14.3. The molecule has 0 aliphatic heterocycles. The third-order valence-corrected chi connectivity index (χ3v) is 4.24. The molecule has 0 amide bonds. The Labute approximate surface area is 134 Å². The van der Waals surface area contributed by atoms with Crippen LogP contribution >= 0.6 is 11.6 Å². The number of rotatable bonds is 9. The van der Waals surface area contributed by atoms with Crippen molar-refractivity contribution in [3.8, 4) is 0 Å². The van der Waals surface area contributed by atoms with E-state index in [-0.39, 0.29) is 0 Å². The van der Waals surface area contributed by atoms with Crippen LogP contribution in [0.25, 0.3) is 0 Å². The SMILES string of the molecule is CCCN(CCN(C)C)c1cccc(Cl)c1CNC1CC1. The van der Waals surface area contributed by atoms with Crippen LogP contribution in [0, 0.1) is 0 Å². The van der Waals surface area contributed by atoms with Gasteiger partial charge in [0.25, 0.3) is 0 Å². The highest BCUT2D eigenvalue weighted by Gasteiger charge is 2.22. The zero-order chi connectivity index (χ0) is 15.2. The number of likely N-dealkylation sites (N-methyl/N-ethyl adjacent to an activating group) is 1. The average Bonchev–Trinajstić information content (AvgIpc) is 3.26. The van der Waals surface area contributed by atoms with Gasteiger partial charge in [0, 0.05) is 48.5 Å². The van der Waals surface area contributed by atoms with Crippen LogP contribution in [0.15, 0.2) is 18.2 Å². The summed E-state index contributed by atoms with van der Waals surface area (Å²) in [5.41, 5.74) is 2.54. The lowest BCUT2D eigenvalue weighted by molar-refractivity contribution is 0.412. The summed E-state index contributed by atoms with van der Waals surface area (Å²) < 4.78 is 0. The standard InChI is InChI=1S/C17H28ClN3/c1-4-10-21(12-11-20(2)3)17-7-5-6-16(18)15(17)13-19-14-8-9-14/h5-7,14,19H,4,8-13H2,1-3H3. The Morgan fingerprint density at radius 3 is 2.57 bits per heavy atom. The second kappa shape index (κ2) is 8.02. The number of benzene rings is 1. The molecule has 1 aromatic carbocycles. The molecule has 0 unspecified atom stereocenters. The first kappa shape index (κ1) is 16.6. The number of nitrogens with zero attached hydrogens (tertiary/aromatic N) is 2. The first-order valence-electron chi connectivity index (χ1n) is 8.02. The third-order valence-electron chi connectivity index (χ3n) is 3.89. The van der Waals surface area contributed by atoms with Crippen LogP contribution in [0.1, 0.15) is 31.7 Å². The molecule has 1 N–H and O–H groups in total. The van der Waals surface area contributed by atoms with E-state index in [2.05, 4.69) is 48.3 Å². The van der Waals surface area contributed by atoms with Crippen molar-refractivity contribution in [1.29, 1.82) is 0 Å². The molecule has 4 heteroatoms. The van der Waals surface area contributed by atoms with Gasteiger partial charge < -0.3 is 15.1 Å². The summed E-state index contributed by atoms with van der Waals surface area (Å²) in [4.78, 5) is 4.70. The Balaban J connectivity index is 2.14. The summed E-state index contributed by atoms with van der Waals surface area (Å²) in [5.74, 6) is 0. The number of hydrogen-bond acceptors (Lipinski definition) is 3. The molecule has 1 aliphatic carbocycles. The fourth-order valence-electron chi connectivity index (χ4n) is 2.50. The summed E-state index contributed by atoms with van der Waals surface area (Å²) in [6.07, 6.45) is 3.76. The minimum atomic E-state index is 0.704. The molecule has 0 aromatic heterocycles. The van der Waals surface area contributed by atoms with Crippen LogP contribution in [0.2, 0.25) is 5.02 Å². The summed E-state index contributed by atoms with van der Waals surface area (Å²) in [6, 6.07) is 6.98. The highest BCUT2D eigenvalue weighted by atomic mass is 35.5. The van der Waals surface area contributed by atoms with Crippen molar-refractivity contribution in [1.82, 2.24) is 10.2 Å². The van der Waals surface area contributed by atoms with Gasteiger partial charge in [-0.05, 0) is 45.5 Å². The van der Waals surface area contributed by atoms with Crippen molar-refractivity contribution in [3.05, 3.63) is 28.8 Å². The molecule has 118 valence electrons. The van der Waals surface area contributed by atoms with Gasteiger partial charge in [0.05, 0.1) is 0 Å². The fraction of sp³-hybridized carbons (Fsp3) is 0.647. The predicted octanol–water partition coefficient (Wildman–Crippen LogP) is 3.37. The molecule has 1 aromatic rings. The van der Waals surface area contributed by atoms with Gasteiger partial charge in [-0.2, -0.15) is 0 Å². The van der Waals surface area contributed by atoms with E-state index < -0.39 is 0 Å². The number of hydrogen-bond donors (Lipinski definition) is 1. The molecule has 1 fully saturated rings. The van der Waals surface area contributed by atoms with E-state index in [1.54, 1.807) is 0 Å².